The number of rotatable bonds is 1. The molecule has 0 saturated carbocycles. The minimum atomic E-state index is -0.786. The number of carbonyl (C=O) groups is 2. The zero-order valence-electron chi connectivity index (χ0n) is 6.64. The Hall–Kier alpha value is -0.900. The van der Waals surface area contributed by atoms with Gasteiger partial charge in [0.05, 0.1) is 13.7 Å². The van der Waals surface area contributed by atoms with Gasteiger partial charge >= 0.3 is 5.97 Å². The first kappa shape index (κ1) is 8.20. The standard InChI is InChI=1S/C7H11NO3/c1-7(6(10)11-2)3-5(9)4-8-7/h8H,3-4H2,1-2H3. The Kier molecular flexibility index (Phi) is 1.95. The molecule has 4 heteroatoms. The molecule has 1 aliphatic heterocycles. The lowest BCUT2D eigenvalue weighted by atomic mass is 10.0. The van der Waals surface area contributed by atoms with Crippen molar-refractivity contribution in [2.24, 2.45) is 0 Å². The monoisotopic (exact) mass is 157 g/mol. The van der Waals surface area contributed by atoms with Gasteiger partial charge in [-0.15, -0.1) is 0 Å². The van der Waals surface area contributed by atoms with Crippen LogP contribution in [0, 0.1) is 0 Å². The van der Waals surface area contributed by atoms with Gasteiger partial charge in [-0.25, -0.2) is 0 Å². The van der Waals surface area contributed by atoms with Crippen LogP contribution in [0.4, 0.5) is 0 Å². The van der Waals surface area contributed by atoms with E-state index in [2.05, 4.69) is 10.1 Å². The van der Waals surface area contributed by atoms with E-state index in [9.17, 15) is 9.59 Å². The van der Waals surface area contributed by atoms with E-state index in [0.717, 1.165) is 0 Å². The van der Waals surface area contributed by atoms with Crippen molar-refractivity contribution in [3.05, 3.63) is 0 Å². The zero-order chi connectivity index (χ0) is 8.48. The fourth-order valence-electron chi connectivity index (χ4n) is 1.18. The largest absolute Gasteiger partial charge is 0.468 e. The lowest BCUT2D eigenvalue weighted by Crippen LogP contribution is -2.45. The van der Waals surface area contributed by atoms with Gasteiger partial charge in [0.2, 0.25) is 0 Å². The fraction of sp³-hybridized carbons (Fsp3) is 0.714. The molecule has 0 amide bonds. The number of carbonyl (C=O) groups excluding carboxylic acids is 2. The topological polar surface area (TPSA) is 55.4 Å². The molecule has 0 spiro atoms. The maximum absolute atomic E-state index is 11.0. The highest BCUT2D eigenvalue weighted by molar-refractivity contribution is 5.94. The number of nitrogens with one attached hydrogen (secondary N) is 1. The Morgan fingerprint density at radius 2 is 2.36 bits per heavy atom. The van der Waals surface area contributed by atoms with Crippen molar-refractivity contribution >= 4 is 11.8 Å². The first-order valence-electron chi connectivity index (χ1n) is 3.43. The molecule has 1 heterocycles. The molecule has 0 bridgehead atoms. The van der Waals surface area contributed by atoms with Gasteiger partial charge < -0.3 is 4.74 Å². The summed E-state index contributed by atoms with van der Waals surface area (Å²) >= 11 is 0. The molecule has 1 N–H and O–H groups in total. The van der Waals surface area contributed by atoms with Gasteiger partial charge in [0, 0.05) is 6.42 Å². The Morgan fingerprint density at radius 3 is 2.73 bits per heavy atom. The number of hydrogen-bond acceptors (Lipinski definition) is 4. The van der Waals surface area contributed by atoms with Crippen LogP contribution in [0.1, 0.15) is 13.3 Å². The predicted molar refractivity (Wildman–Crippen MR) is 38.0 cm³/mol. The summed E-state index contributed by atoms with van der Waals surface area (Å²) in [6.07, 6.45) is 0.236. The second-order valence-electron chi connectivity index (χ2n) is 2.89. The third-order valence-electron chi connectivity index (χ3n) is 1.86. The maximum atomic E-state index is 11.0. The van der Waals surface area contributed by atoms with Crippen molar-refractivity contribution in [1.82, 2.24) is 5.32 Å². The molecule has 0 aliphatic carbocycles. The van der Waals surface area contributed by atoms with Crippen LogP contribution in [0.2, 0.25) is 0 Å². The first-order chi connectivity index (χ1) is 5.08. The highest BCUT2D eigenvalue weighted by atomic mass is 16.5. The summed E-state index contributed by atoms with van der Waals surface area (Å²) in [4.78, 5) is 21.9. The van der Waals surface area contributed by atoms with E-state index in [1.165, 1.54) is 7.11 Å². The summed E-state index contributed by atoms with van der Waals surface area (Å²) in [7, 11) is 1.32. The Labute approximate surface area is 64.9 Å². The normalized spacial score (nSPS) is 30.5. The number of ketones is 1. The smallest absolute Gasteiger partial charge is 0.326 e. The van der Waals surface area contributed by atoms with Crippen LogP contribution in [-0.4, -0.2) is 30.9 Å². The molecule has 1 aliphatic rings. The van der Waals surface area contributed by atoms with Gasteiger partial charge in [-0.3, -0.25) is 14.9 Å². The van der Waals surface area contributed by atoms with Crippen molar-refractivity contribution in [2.45, 2.75) is 18.9 Å². The SMILES string of the molecule is COC(=O)C1(C)CC(=O)CN1. The van der Waals surface area contributed by atoms with E-state index in [-0.39, 0.29) is 24.7 Å². The Morgan fingerprint density at radius 1 is 1.73 bits per heavy atom. The van der Waals surface area contributed by atoms with Gasteiger partial charge in [-0.2, -0.15) is 0 Å². The highest BCUT2D eigenvalue weighted by Crippen LogP contribution is 2.16. The van der Waals surface area contributed by atoms with Crippen LogP contribution in [-0.2, 0) is 14.3 Å². The molecule has 0 aromatic heterocycles. The van der Waals surface area contributed by atoms with Crippen LogP contribution >= 0.6 is 0 Å². The first-order valence-corrected chi connectivity index (χ1v) is 3.43. The quantitative estimate of drug-likeness (QED) is 0.520. The molecule has 4 nitrogen and oxygen atoms in total. The molecule has 1 unspecified atom stereocenters. The minimum absolute atomic E-state index is 0.0536. The summed E-state index contributed by atoms with van der Waals surface area (Å²) < 4.78 is 4.53. The van der Waals surface area contributed by atoms with E-state index in [0.29, 0.717) is 0 Å². The van der Waals surface area contributed by atoms with Crippen LogP contribution in [0.3, 0.4) is 0 Å². The number of ether oxygens (including phenoxy) is 1. The lowest BCUT2D eigenvalue weighted by Gasteiger charge is -2.18. The van der Waals surface area contributed by atoms with Crippen molar-refractivity contribution in [2.75, 3.05) is 13.7 Å². The van der Waals surface area contributed by atoms with Gasteiger partial charge in [0.15, 0.2) is 0 Å². The van der Waals surface area contributed by atoms with E-state index in [1.807, 2.05) is 0 Å². The van der Waals surface area contributed by atoms with E-state index in [1.54, 1.807) is 6.92 Å². The minimum Gasteiger partial charge on any atom is -0.468 e. The average molecular weight is 157 g/mol. The average Bonchev–Trinajstić information content (AvgIpc) is 2.31. The molecular formula is C7H11NO3. The van der Waals surface area contributed by atoms with Crippen molar-refractivity contribution in [3.8, 4) is 0 Å². The van der Waals surface area contributed by atoms with Gasteiger partial charge in [0.1, 0.15) is 11.3 Å². The van der Waals surface area contributed by atoms with Crippen LogP contribution in [0.25, 0.3) is 0 Å². The number of esters is 1. The van der Waals surface area contributed by atoms with Crippen LogP contribution < -0.4 is 5.32 Å². The second-order valence-corrected chi connectivity index (χ2v) is 2.89. The molecule has 1 atom stereocenters. The molecule has 1 rings (SSSR count). The van der Waals surface area contributed by atoms with Crippen molar-refractivity contribution < 1.29 is 14.3 Å². The van der Waals surface area contributed by atoms with Crippen LogP contribution in [0.15, 0.2) is 0 Å². The third kappa shape index (κ3) is 1.40. The van der Waals surface area contributed by atoms with Crippen molar-refractivity contribution in [3.63, 3.8) is 0 Å². The number of methoxy groups -OCH3 is 1. The van der Waals surface area contributed by atoms with E-state index >= 15 is 0 Å². The van der Waals surface area contributed by atoms with Gasteiger partial charge in [-0.1, -0.05) is 0 Å². The lowest BCUT2D eigenvalue weighted by molar-refractivity contribution is -0.147. The molecule has 62 valence electrons. The second kappa shape index (κ2) is 2.62. The molecule has 0 aromatic carbocycles. The fourth-order valence-corrected chi connectivity index (χ4v) is 1.18. The molecule has 1 saturated heterocycles. The predicted octanol–water partition coefficient (Wildman–Crippen LogP) is -0.520. The maximum Gasteiger partial charge on any atom is 0.326 e. The summed E-state index contributed by atoms with van der Waals surface area (Å²) in [6, 6.07) is 0. The summed E-state index contributed by atoms with van der Waals surface area (Å²) in [5, 5.41) is 2.81. The Balaban J connectivity index is 2.69. The third-order valence-corrected chi connectivity index (χ3v) is 1.86. The van der Waals surface area contributed by atoms with E-state index in [4.69, 9.17) is 0 Å². The summed E-state index contributed by atoms with van der Waals surface area (Å²) in [6.45, 7) is 1.94. The number of hydrogen-bond donors (Lipinski definition) is 1. The Bertz CT molecular complexity index is 202. The highest BCUT2D eigenvalue weighted by Gasteiger charge is 2.41. The number of Topliss-reactive ketones (excluding diaryl/α,β-unsaturated/α-hetero) is 1. The van der Waals surface area contributed by atoms with Crippen LogP contribution in [0.5, 0.6) is 0 Å². The summed E-state index contributed by atoms with van der Waals surface area (Å²) in [5.74, 6) is -0.318. The van der Waals surface area contributed by atoms with Crippen molar-refractivity contribution in [1.29, 1.82) is 0 Å². The molecular weight excluding hydrogens is 146 g/mol. The molecule has 0 radical (unpaired) electrons. The zero-order valence-corrected chi connectivity index (χ0v) is 6.64. The van der Waals surface area contributed by atoms with Gasteiger partial charge in [0.25, 0.3) is 0 Å². The molecule has 1 fully saturated rings. The molecule has 11 heavy (non-hydrogen) atoms. The van der Waals surface area contributed by atoms with E-state index < -0.39 is 5.54 Å². The summed E-state index contributed by atoms with van der Waals surface area (Å²) in [5.41, 5.74) is -0.786. The van der Waals surface area contributed by atoms with Gasteiger partial charge in [-0.05, 0) is 6.92 Å². The molecule has 0 aromatic rings.